The van der Waals surface area contributed by atoms with E-state index in [0.717, 1.165) is 31.2 Å². The molecule has 152 valence electrons. The van der Waals surface area contributed by atoms with Gasteiger partial charge in [0.15, 0.2) is 0 Å². The maximum Gasteiger partial charge on any atom is 0.0701 e. The van der Waals surface area contributed by atoms with E-state index in [0.29, 0.717) is 33.0 Å². The molecule has 0 atom stereocenters. The number of ether oxygens (including phenoxy) is 3. The number of hydrogen-bond donors (Lipinski definition) is 3. The second-order valence-electron chi connectivity index (χ2n) is 4.56. The van der Waals surface area contributed by atoms with Gasteiger partial charge in [0.05, 0.1) is 52.9 Å². The van der Waals surface area contributed by atoms with E-state index in [2.05, 4.69) is 33.8 Å². The Morgan fingerprint density at radius 2 is 1.04 bits per heavy atom. The molecule has 3 N–H and O–H groups in total. The standard InChI is InChI=1S/C9H18O3.C5H9Br.C4H10O3/c1-2-3-4-6-11-8-9-12-7-5-10;1-2-3-4-5-6;5-1-3-7-4-2-6/h2,10H,1,3-9H2;2H,1,3-5H2;5-6H,1-4H2. The van der Waals surface area contributed by atoms with Crippen molar-refractivity contribution < 1.29 is 29.5 Å². The second-order valence-corrected chi connectivity index (χ2v) is 5.35. The van der Waals surface area contributed by atoms with Gasteiger partial charge in [-0.05, 0) is 25.7 Å². The summed E-state index contributed by atoms with van der Waals surface area (Å²) in [6.45, 7) is 10.3. The molecule has 7 heteroatoms. The summed E-state index contributed by atoms with van der Waals surface area (Å²) in [7, 11) is 0. The topological polar surface area (TPSA) is 88.4 Å². The Bertz CT molecular complexity index is 226. The van der Waals surface area contributed by atoms with E-state index >= 15 is 0 Å². The van der Waals surface area contributed by atoms with Crippen molar-refractivity contribution in [3.05, 3.63) is 25.3 Å². The number of hydrogen-bond acceptors (Lipinski definition) is 6. The monoisotopic (exact) mass is 428 g/mol. The van der Waals surface area contributed by atoms with Crippen LogP contribution in [-0.4, -0.2) is 80.1 Å². The van der Waals surface area contributed by atoms with Crippen LogP contribution in [0, 0.1) is 0 Å². The van der Waals surface area contributed by atoms with Crippen molar-refractivity contribution in [1.82, 2.24) is 0 Å². The smallest absolute Gasteiger partial charge is 0.0701 e. The highest BCUT2D eigenvalue weighted by Gasteiger charge is 1.88. The first-order chi connectivity index (χ1) is 12.2. The van der Waals surface area contributed by atoms with Crippen molar-refractivity contribution in [3.8, 4) is 0 Å². The van der Waals surface area contributed by atoms with Crippen LogP contribution in [0.3, 0.4) is 0 Å². The fourth-order valence-electron chi connectivity index (χ4n) is 1.17. The number of aliphatic hydroxyl groups is 3. The maximum atomic E-state index is 8.36. The minimum atomic E-state index is 0.0278. The van der Waals surface area contributed by atoms with Crippen LogP contribution in [0.1, 0.15) is 25.7 Å². The maximum absolute atomic E-state index is 8.36. The number of aliphatic hydroxyl groups excluding tert-OH is 3. The molecule has 0 heterocycles. The number of alkyl halides is 1. The zero-order valence-corrected chi connectivity index (χ0v) is 17.0. The Balaban J connectivity index is -0.000000317. The van der Waals surface area contributed by atoms with Crippen molar-refractivity contribution in [3.63, 3.8) is 0 Å². The fourth-order valence-corrected chi connectivity index (χ4v) is 1.49. The molecular formula is C18H37BrO6. The lowest BCUT2D eigenvalue weighted by molar-refractivity contribution is 0.0327. The Morgan fingerprint density at radius 1 is 0.640 bits per heavy atom. The van der Waals surface area contributed by atoms with Gasteiger partial charge in [0.25, 0.3) is 0 Å². The third-order valence-corrected chi connectivity index (χ3v) is 2.88. The number of unbranched alkanes of at least 4 members (excludes halogenated alkanes) is 2. The van der Waals surface area contributed by atoms with Crippen molar-refractivity contribution in [2.24, 2.45) is 0 Å². The molecule has 0 aliphatic heterocycles. The molecule has 0 fully saturated rings. The molecule has 0 aromatic carbocycles. The van der Waals surface area contributed by atoms with Gasteiger partial charge in [0.1, 0.15) is 0 Å². The molecule has 0 aliphatic rings. The normalized spacial score (nSPS) is 9.44. The van der Waals surface area contributed by atoms with Gasteiger partial charge in [-0.3, -0.25) is 0 Å². The van der Waals surface area contributed by atoms with Crippen LogP contribution in [0.25, 0.3) is 0 Å². The molecule has 0 aromatic heterocycles. The van der Waals surface area contributed by atoms with Gasteiger partial charge in [-0.15, -0.1) is 13.2 Å². The van der Waals surface area contributed by atoms with Gasteiger partial charge in [-0.2, -0.15) is 0 Å². The molecule has 0 rings (SSSR count). The Kier molecular flexibility index (Phi) is 41.2. The van der Waals surface area contributed by atoms with Gasteiger partial charge in [0, 0.05) is 11.9 Å². The molecule has 25 heavy (non-hydrogen) atoms. The SMILES string of the molecule is C=CCCCBr.C=CCCCOCCOCCO.OCCOCCO. The Hall–Kier alpha value is -0.280. The Labute approximate surface area is 161 Å². The summed E-state index contributed by atoms with van der Waals surface area (Å²) in [5, 5.41) is 25.6. The lowest BCUT2D eigenvalue weighted by Gasteiger charge is -2.03. The third kappa shape index (κ3) is 45.3. The van der Waals surface area contributed by atoms with Crippen molar-refractivity contribution in [2.75, 3.05) is 64.8 Å². The van der Waals surface area contributed by atoms with Gasteiger partial charge in [0.2, 0.25) is 0 Å². The molecule has 0 saturated carbocycles. The van der Waals surface area contributed by atoms with Crippen LogP contribution >= 0.6 is 15.9 Å². The third-order valence-electron chi connectivity index (χ3n) is 2.32. The first kappa shape index (κ1) is 29.5. The molecule has 0 spiro atoms. The van der Waals surface area contributed by atoms with Crippen LogP contribution in [0.4, 0.5) is 0 Å². The van der Waals surface area contributed by atoms with E-state index in [-0.39, 0.29) is 19.8 Å². The molecule has 0 aliphatic carbocycles. The van der Waals surface area contributed by atoms with E-state index in [1.54, 1.807) is 0 Å². The lowest BCUT2D eigenvalue weighted by atomic mass is 10.3. The Morgan fingerprint density at radius 3 is 1.40 bits per heavy atom. The molecule has 0 unspecified atom stereocenters. The van der Waals surface area contributed by atoms with Crippen molar-refractivity contribution in [2.45, 2.75) is 25.7 Å². The summed E-state index contributed by atoms with van der Waals surface area (Å²) in [5.74, 6) is 0. The summed E-state index contributed by atoms with van der Waals surface area (Å²) in [5.41, 5.74) is 0. The van der Waals surface area contributed by atoms with Gasteiger partial charge in [-0.25, -0.2) is 0 Å². The zero-order chi connectivity index (χ0) is 19.4. The van der Waals surface area contributed by atoms with E-state index < -0.39 is 0 Å². The number of halogens is 1. The predicted octanol–water partition coefficient (Wildman–Crippen LogP) is 2.31. The molecular weight excluding hydrogens is 392 g/mol. The average molecular weight is 429 g/mol. The van der Waals surface area contributed by atoms with Crippen LogP contribution in [-0.2, 0) is 14.2 Å². The molecule has 0 aromatic rings. The van der Waals surface area contributed by atoms with Crippen LogP contribution in [0.2, 0.25) is 0 Å². The largest absolute Gasteiger partial charge is 0.394 e. The van der Waals surface area contributed by atoms with E-state index in [1.807, 2.05) is 12.2 Å². The lowest BCUT2D eigenvalue weighted by Crippen LogP contribution is -2.07. The summed E-state index contributed by atoms with van der Waals surface area (Å²) in [6.07, 6.45) is 8.17. The van der Waals surface area contributed by atoms with E-state index in [1.165, 1.54) is 6.42 Å². The molecule has 0 radical (unpaired) electrons. The van der Waals surface area contributed by atoms with Crippen molar-refractivity contribution >= 4 is 15.9 Å². The van der Waals surface area contributed by atoms with Crippen LogP contribution < -0.4 is 0 Å². The van der Waals surface area contributed by atoms with E-state index in [4.69, 9.17) is 24.8 Å². The van der Waals surface area contributed by atoms with Gasteiger partial charge >= 0.3 is 0 Å². The molecule has 0 bridgehead atoms. The highest BCUT2D eigenvalue weighted by molar-refractivity contribution is 9.09. The summed E-state index contributed by atoms with van der Waals surface area (Å²) < 4.78 is 14.9. The highest BCUT2D eigenvalue weighted by Crippen LogP contribution is 1.92. The zero-order valence-electron chi connectivity index (χ0n) is 15.4. The predicted molar refractivity (Wildman–Crippen MR) is 106 cm³/mol. The quantitative estimate of drug-likeness (QED) is 0.198. The molecule has 6 nitrogen and oxygen atoms in total. The minimum absolute atomic E-state index is 0.0278. The summed E-state index contributed by atoms with van der Waals surface area (Å²) in [6, 6.07) is 0. The first-order valence-electron chi connectivity index (χ1n) is 8.58. The summed E-state index contributed by atoms with van der Waals surface area (Å²) >= 11 is 3.30. The number of rotatable bonds is 16. The minimum Gasteiger partial charge on any atom is -0.394 e. The van der Waals surface area contributed by atoms with Gasteiger partial charge in [-0.1, -0.05) is 28.1 Å². The molecule has 0 amide bonds. The van der Waals surface area contributed by atoms with E-state index in [9.17, 15) is 0 Å². The first-order valence-corrected chi connectivity index (χ1v) is 9.70. The van der Waals surface area contributed by atoms with Crippen LogP contribution in [0.5, 0.6) is 0 Å². The number of allylic oxidation sites excluding steroid dienone is 2. The van der Waals surface area contributed by atoms with Gasteiger partial charge < -0.3 is 29.5 Å². The summed E-state index contributed by atoms with van der Waals surface area (Å²) in [4.78, 5) is 0. The molecule has 0 saturated heterocycles. The second kappa shape index (κ2) is 34.9. The fraction of sp³-hybridized carbons (Fsp3) is 0.778. The highest BCUT2D eigenvalue weighted by atomic mass is 79.9. The van der Waals surface area contributed by atoms with Crippen molar-refractivity contribution in [1.29, 1.82) is 0 Å². The average Bonchev–Trinajstić information content (AvgIpc) is 2.64. The van der Waals surface area contributed by atoms with Crippen LogP contribution in [0.15, 0.2) is 25.3 Å².